The Morgan fingerprint density at radius 1 is 1.53 bits per heavy atom. The largest absolute Gasteiger partial charge is 0.438 e. The van der Waals surface area contributed by atoms with E-state index in [0.717, 1.165) is 12.8 Å². The second kappa shape index (κ2) is 6.64. The second-order valence-electron chi connectivity index (χ2n) is 4.07. The van der Waals surface area contributed by atoms with Gasteiger partial charge in [-0.3, -0.25) is 4.79 Å². The van der Waals surface area contributed by atoms with E-state index in [-0.39, 0.29) is 17.0 Å². The molecule has 0 saturated heterocycles. The molecule has 96 valence electrons. The van der Waals surface area contributed by atoms with Crippen molar-refractivity contribution in [3.63, 3.8) is 0 Å². The number of amides is 1. The average molecular weight is 259 g/mol. The molecule has 1 amide bonds. The van der Waals surface area contributed by atoms with Crippen LogP contribution in [0.1, 0.15) is 42.9 Å². The van der Waals surface area contributed by atoms with Crippen LogP contribution in [0, 0.1) is 12.8 Å². The maximum atomic E-state index is 11.7. The van der Waals surface area contributed by atoms with Crippen LogP contribution in [0.15, 0.2) is 10.8 Å². The van der Waals surface area contributed by atoms with E-state index >= 15 is 0 Å². The van der Waals surface area contributed by atoms with Crippen molar-refractivity contribution in [2.45, 2.75) is 39.0 Å². The summed E-state index contributed by atoms with van der Waals surface area (Å²) in [6.07, 6.45) is 3.30. The number of rotatable bonds is 6. The van der Waals surface area contributed by atoms with Gasteiger partial charge in [-0.2, -0.15) is 0 Å². The van der Waals surface area contributed by atoms with Crippen LogP contribution in [0.2, 0.25) is 0 Å². The molecule has 1 N–H and O–H groups in total. The molecule has 1 heterocycles. The summed E-state index contributed by atoms with van der Waals surface area (Å²) in [6, 6.07) is 0. The van der Waals surface area contributed by atoms with Crippen molar-refractivity contribution in [2.75, 3.05) is 6.54 Å². The molecule has 0 bridgehead atoms. The summed E-state index contributed by atoms with van der Waals surface area (Å²) in [6.45, 7) is 6.39. The van der Waals surface area contributed by atoms with Crippen molar-refractivity contribution in [3.05, 3.63) is 17.8 Å². The van der Waals surface area contributed by atoms with E-state index in [1.54, 1.807) is 6.92 Å². The molecule has 0 aliphatic rings. The van der Waals surface area contributed by atoms with Crippen LogP contribution in [0.4, 0.5) is 0 Å². The molecule has 1 rings (SSSR count). The van der Waals surface area contributed by atoms with Gasteiger partial charge in [0.05, 0.1) is 11.1 Å². The standard InChI is InChI=1S/C12H19ClN2O2/c1-4-9(5-2)10(13)6-14-12(16)11-8(3)15-7-17-11/h7,9-10H,4-6H2,1-3H3,(H,14,16). The van der Waals surface area contributed by atoms with Crippen LogP contribution in [0.5, 0.6) is 0 Å². The Morgan fingerprint density at radius 3 is 2.65 bits per heavy atom. The number of halogens is 1. The lowest BCUT2D eigenvalue weighted by molar-refractivity contribution is 0.0923. The molecule has 17 heavy (non-hydrogen) atoms. The van der Waals surface area contributed by atoms with Crippen LogP contribution in [-0.2, 0) is 0 Å². The highest BCUT2D eigenvalue weighted by Crippen LogP contribution is 2.17. The van der Waals surface area contributed by atoms with Crippen molar-refractivity contribution < 1.29 is 9.21 Å². The van der Waals surface area contributed by atoms with E-state index in [4.69, 9.17) is 16.0 Å². The number of nitrogens with one attached hydrogen (secondary N) is 1. The molecule has 0 radical (unpaired) electrons. The molecule has 4 nitrogen and oxygen atoms in total. The molecule has 0 saturated carbocycles. The zero-order valence-electron chi connectivity index (χ0n) is 10.5. The smallest absolute Gasteiger partial charge is 0.289 e. The number of aromatic nitrogens is 1. The zero-order valence-corrected chi connectivity index (χ0v) is 11.3. The maximum absolute atomic E-state index is 11.7. The number of aryl methyl sites for hydroxylation is 1. The second-order valence-corrected chi connectivity index (χ2v) is 4.63. The Labute approximate surface area is 107 Å². The highest BCUT2D eigenvalue weighted by atomic mass is 35.5. The number of carbonyl (C=O) groups excluding carboxylic acids is 1. The fourth-order valence-corrected chi connectivity index (χ4v) is 2.19. The Bertz CT molecular complexity index is 361. The number of carbonyl (C=O) groups is 1. The summed E-state index contributed by atoms with van der Waals surface area (Å²) in [5.74, 6) is 0.433. The zero-order chi connectivity index (χ0) is 12.8. The quantitative estimate of drug-likeness (QED) is 0.799. The highest BCUT2D eigenvalue weighted by molar-refractivity contribution is 6.21. The van der Waals surface area contributed by atoms with Crippen LogP contribution in [0.3, 0.4) is 0 Å². The van der Waals surface area contributed by atoms with Crippen molar-refractivity contribution in [1.82, 2.24) is 10.3 Å². The van der Waals surface area contributed by atoms with Gasteiger partial charge in [-0.05, 0) is 12.8 Å². The Hall–Kier alpha value is -1.03. The fraction of sp³-hybridized carbons (Fsp3) is 0.667. The summed E-state index contributed by atoms with van der Waals surface area (Å²) in [5, 5.41) is 2.73. The van der Waals surface area contributed by atoms with Crippen LogP contribution >= 0.6 is 11.6 Å². The lowest BCUT2D eigenvalue weighted by atomic mass is 9.99. The number of oxazole rings is 1. The van der Waals surface area contributed by atoms with Gasteiger partial charge in [0.2, 0.25) is 5.76 Å². The van der Waals surface area contributed by atoms with Crippen molar-refractivity contribution in [2.24, 2.45) is 5.92 Å². The summed E-state index contributed by atoms with van der Waals surface area (Å²) >= 11 is 6.23. The lowest BCUT2D eigenvalue weighted by Crippen LogP contribution is -2.33. The molecule has 1 aromatic heterocycles. The van der Waals surface area contributed by atoms with Gasteiger partial charge < -0.3 is 9.73 Å². The minimum atomic E-state index is -0.253. The Morgan fingerprint density at radius 2 is 2.18 bits per heavy atom. The molecule has 0 aliphatic carbocycles. The first-order chi connectivity index (χ1) is 8.10. The predicted octanol–water partition coefficient (Wildman–Crippen LogP) is 2.76. The molecule has 0 spiro atoms. The number of hydrogen-bond donors (Lipinski definition) is 1. The number of nitrogens with zero attached hydrogens (tertiary/aromatic N) is 1. The molecule has 0 aliphatic heterocycles. The topological polar surface area (TPSA) is 55.1 Å². The monoisotopic (exact) mass is 258 g/mol. The van der Waals surface area contributed by atoms with E-state index in [2.05, 4.69) is 24.1 Å². The molecule has 0 fully saturated rings. The molecule has 1 unspecified atom stereocenters. The first kappa shape index (κ1) is 14.0. The Balaban J connectivity index is 2.46. The van der Waals surface area contributed by atoms with Crippen LogP contribution in [0.25, 0.3) is 0 Å². The van der Waals surface area contributed by atoms with Gasteiger partial charge in [0.25, 0.3) is 5.91 Å². The van der Waals surface area contributed by atoms with Gasteiger partial charge >= 0.3 is 0 Å². The van der Waals surface area contributed by atoms with Crippen LogP contribution in [-0.4, -0.2) is 22.8 Å². The molecule has 1 atom stereocenters. The normalized spacial score (nSPS) is 12.8. The summed E-state index contributed by atoms with van der Waals surface area (Å²) in [4.78, 5) is 15.6. The molecule has 0 aromatic carbocycles. The van der Waals surface area contributed by atoms with Crippen molar-refractivity contribution in [1.29, 1.82) is 0 Å². The van der Waals surface area contributed by atoms with E-state index in [1.165, 1.54) is 6.39 Å². The van der Waals surface area contributed by atoms with Gasteiger partial charge in [-0.25, -0.2) is 4.98 Å². The van der Waals surface area contributed by atoms with Crippen molar-refractivity contribution in [3.8, 4) is 0 Å². The highest BCUT2D eigenvalue weighted by Gasteiger charge is 2.19. The summed E-state index contributed by atoms with van der Waals surface area (Å²) in [5.41, 5.74) is 0.594. The number of hydrogen-bond acceptors (Lipinski definition) is 3. The first-order valence-electron chi connectivity index (χ1n) is 5.92. The Kier molecular flexibility index (Phi) is 5.48. The van der Waals surface area contributed by atoms with Gasteiger partial charge in [0.1, 0.15) is 0 Å². The number of alkyl halides is 1. The van der Waals surface area contributed by atoms with Crippen LogP contribution < -0.4 is 5.32 Å². The average Bonchev–Trinajstić information content (AvgIpc) is 2.74. The maximum Gasteiger partial charge on any atom is 0.289 e. The summed E-state index contributed by atoms with van der Waals surface area (Å²) < 4.78 is 5.01. The third-order valence-corrected chi connectivity index (χ3v) is 3.48. The fourth-order valence-electron chi connectivity index (χ4n) is 1.76. The van der Waals surface area contributed by atoms with Crippen molar-refractivity contribution >= 4 is 17.5 Å². The lowest BCUT2D eigenvalue weighted by Gasteiger charge is -2.19. The minimum Gasteiger partial charge on any atom is -0.438 e. The molecular weight excluding hydrogens is 240 g/mol. The predicted molar refractivity (Wildman–Crippen MR) is 67.3 cm³/mol. The van der Waals surface area contributed by atoms with E-state index in [1.807, 2.05) is 0 Å². The van der Waals surface area contributed by atoms with E-state index in [9.17, 15) is 4.79 Å². The third kappa shape index (κ3) is 3.73. The SMILES string of the molecule is CCC(CC)C(Cl)CNC(=O)c1ocnc1C. The van der Waals surface area contributed by atoms with Gasteiger partial charge in [-0.15, -0.1) is 11.6 Å². The minimum absolute atomic E-state index is 0.0443. The summed E-state index contributed by atoms with van der Waals surface area (Å²) in [7, 11) is 0. The van der Waals surface area contributed by atoms with Gasteiger partial charge in [-0.1, -0.05) is 26.7 Å². The van der Waals surface area contributed by atoms with Gasteiger partial charge in [0, 0.05) is 6.54 Å². The van der Waals surface area contributed by atoms with Gasteiger partial charge in [0.15, 0.2) is 6.39 Å². The molecular formula is C12H19ClN2O2. The van der Waals surface area contributed by atoms with E-state index < -0.39 is 0 Å². The third-order valence-electron chi connectivity index (χ3n) is 2.97. The first-order valence-corrected chi connectivity index (χ1v) is 6.36. The molecule has 1 aromatic rings. The molecule has 5 heteroatoms. The van der Waals surface area contributed by atoms with E-state index in [0.29, 0.717) is 18.2 Å².